The van der Waals surface area contributed by atoms with Crippen LogP contribution in [0.3, 0.4) is 0 Å². The second-order valence-electron chi connectivity index (χ2n) is 8.24. The zero-order chi connectivity index (χ0) is 28.3. The minimum Gasteiger partial charge on any atom is -0.870 e. The van der Waals surface area contributed by atoms with Crippen molar-refractivity contribution < 1.29 is 57.2 Å². The molecular formula is C27H22Cl2N3NaO6S. The van der Waals surface area contributed by atoms with Gasteiger partial charge in [0.05, 0.1) is 22.3 Å². The maximum Gasteiger partial charge on any atom is 1.00 e. The number of carbonyl (C=O) groups excluding carboxylic acids is 1. The van der Waals surface area contributed by atoms with E-state index in [-0.39, 0.29) is 62.2 Å². The zero-order valence-corrected chi connectivity index (χ0v) is 26.1. The standard InChI is InChI=1S/C27H23Cl2N3O6S.Na/c1-3-15-12-13-21(39(35,36)37)22(29)23(15)31-32-24-17-9-6-5-8-16(17)14-18(26(24)33)27(34)30-25-19(28)10-7-11-20(25)38-4-2;/h5-14,33H,3-4H2,1-2H3,(H,30,34)(H,35,36,37);/q;+1/p-1. The van der Waals surface area contributed by atoms with Gasteiger partial charge in [-0.15, -0.1) is 5.11 Å². The van der Waals surface area contributed by atoms with Crippen LogP contribution in [0.1, 0.15) is 29.8 Å². The van der Waals surface area contributed by atoms with E-state index in [1.165, 1.54) is 18.2 Å². The van der Waals surface area contributed by atoms with Crippen LogP contribution in [0.25, 0.3) is 10.8 Å². The van der Waals surface area contributed by atoms with Crippen LogP contribution in [-0.2, 0) is 16.5 Å². The SMILES string of the molecule is CCOc1cccc(Cl)c1NC(=O)c1cc2ccccc2c(N=Nc2c(CC)ccc(S(=O)(=O)O)c2Cl)c1[O-].[Na+]. The van der Waals surface area contributed by atoms with Gasteiger partial charge in [0.15, 0.2) is 0 Å². The number of carbonyl (C=O) groups is 1. The molecule has 0 atom stereocenters. The number of azo groups is 1. The number of ether oxygens (including phenoxy) is 1. The molecule has 0 unspecified atom stereocenters. The first-order chi connectivity index (χ1) is 18.6. The van der Waals surface area contributed by atoms with E-state index in [0.29, 0.717) is 35.1 Å². The van der Waals surface area contributed by atoms with Gasteiger partial charge >= 0.3 is 29.6 Å². The Labute approximate surface area is 263 Å². The van der Waals surface area contributed by atoms with Gasteiger partial charge in [0.2, 0.25) is 0 Å². The third-order valence-electron chi connectivity index (χ3n) is 5.81. The Hall–Kier alpha value is -2.70. The normalized spacial score (nSPS) is 11.4. The van der Waals surface area contributed by atoms with E-state index in [4.69, 9.17) is 27.9 Å². The summed E-state index contributed by atoms with van der Waals surface area (Å²) in [4.78, 5) is 12.8. The van der Waals surface area contributed by atoms with Gasteiger partial charge in [-0.25, -0.2) is 0 Å². The molecule has 0 aliphatic heterocycles. The Morgan fingerprint density at radius 3 is 2.40 bits per heavy atom. The van der Waals surface area contributed by atoms with E-state index in [0.717, 1.165) is 0 Å². The molecule has 0 bridgehead atoms. The minimum absolute atomic E-state index is 0. The number of fused-ring (bicyclic) bond motifs is 1. The quantitative estimate of drug-likeness (QED) is 0.175. The maximum atomic E-state index is 13.5. The van der Waals surface area contributed by atoms with E-state index in [1.54, 1.807) is 56.3 Å². The van der Waals surface area contributed by atoms with Crippen LogP contribution in [0.15, 0.2) is 75.8 Å². The van der Waals surface area contributed by atoms with Crippen LogP contribution in [0, 0.1) is 0 Å². The Morgan fingerprint density at radius 2 is 1.73 bits per heavy atom. The average molecular weight is 610 g/mol. The van der Waals surface area contributed by atoms with Crippen molar-refractivity contribution in [1.29, 1.82) is 0 Å². The van der Waals surface area contributed by atoms with Gasteiger partial charge < -0.3 is 15.2 Å². The van der Waals surface area contributed by atoms with E-state index in [1.807, 2.05) is 0 Å². The van der Waals surface area contributed by atoms with Crippen LogP contribution in [0.5, 0.6) is 11.5 Å². The number of para-hydroxylation sites is 1. The summed E-state index contributed by atoms with van der Waals surface area (Å²) in [5, 5.41) is 25.3. The topological polar surface area (TPSA) is 140 Å². The predicted molar refractivity (Wildman–Crippen MR) is 149 cm³/mol. The molecule has 0 saturated carbocycles. The Kier molecular flexibility index (Phi) is 10.6. The van der Waals surface area contributed by atoms with Gasteiger partial charge in [-0.3, -0.25) is 9.35 Å². The van der Waals surface area contributed by atoms with Crippen LogP contribution in [0.2, 0.25) is 10.0 Å². The number of benzene rings is 4. The zero-order valence-electron chi connectivity index (χ0n) is 21.7. The molecule has 40 heavy (non-hydrogen) atoms. The summed E-state index contributed by atoms with van der Waals surface area (Å²) < 4.78 is 38.6. The number of nitrogens with zero attached hydrogens (tertiary/aromatic N) is 2. The number of hydrogen-bond donors (Lipinski definition) is 2. The van der Waals surface area contributed by atoms with Crippen molar-refractivity contribution in [3.05, 3.63) is 81.8 Å². The number of rotatable bonds is 8. The number of amides is 1. The van der Waals surface area contributed by atoms with Crippen molar-refractivity contribution in [1.82, 2.24) is 0 Å². The fraction of sp³-hybridized carbons (Fsp3) is 0.148. The van der Waals surface area contributed by atoms with E-state index in [2.05, 4.69) is 15.5 Å². The number of anilines is 1. The Morgan fingerprint density at radius 1 is 1.02 bits per heavy atom. The molecule has 0 saturated heterocycles. The molecule has 1 amide bonds. The summed E-state index contributed by atoms with van der Waals surface area (Å²) in [5.74, 6) is -1.12. The largest absolute Gasteiger partial charge is 1.00 e. The first-order valence-electron chi connectivity index (χ1n) is 11.7. The maximum absolute atomic E-state index is 13.5. The summed E-state index contributed by atoms with van der Waals surface area (Å²) in [6.07, 6.45) is 0.410. The molecule has 0 aliphatic carbocycles. The molecule has 0 radical (unpaired) electrons. The molecular weight excluding hydrogens is 588 g/mol. The van der Waals surface area contributed by atoms with Gasteiger partial charge in [-0.05, 0) is 48.6 Å². The fourth-order valence-corrected chi connectivity index (χ4v) is 5.23. The van der Waals surface area contributed by atoms with Crippen molar-refractivity contribution >= 4 is 67.1 Å². The minimum atomic E-state index is -4.64. The molecule has 0 heterocycles. The second-order valence-corrected chi connectivity index (χ2v) is 10.4. The molecule has 4 aromatic carbocycles. The van der Waals surface area contributed by atoms with E-state index in [9.17, 15) is 22.9 Å². The van der Waals surface area contributed by atoms with E-state index >= 15 is 0 Å². The molecule has 4 rings (SSSR count). The molecule has 4 aromatic rings. The molecule has 9 nitrogen and oxygen atoms in total. The molecule has 0 spiro atoms. The number of aryl methyl sites for hydroxylation is 1. The fourth-order valence-electron chi connectivity index (χ4n) is 3.94. The average Bonchev–Trinajstić information content (AvgIpc) is 2.89. The van der Waals surface area contributed by atoms with Gasteiger partial charge in [0.25, 0.3) is 16.0 Å². The van der Waals surface area contributed by atoms with E-state index < -0.39 is 26.7 Å². The molecule has 2 N–H and O–H groups in total. The third-order valence-corrected chi connectivity index (χ3v) is 7.51. The summed E-state index contributed by atoms with van der Waals surface area (Å²) in [6.45, 7) is 3.91. The van der Waals surface area contributed by atoms with Gasteiger partial charge in [-0.2, -0.15) is 13.5 Å². The van der Waals surface area contributed by atoms with Crippen LogP contribution >= 0.6 is 23.2 Å². The Bertz CT molecular complexity index is 1730. The summed E-state index contributed by atoms with van der Waals surface area (Å²) in [5.41, 5.74) is 0.341. The number of halogens is 2. The first kappa shape index (κ1) is 31.8. The Balaban J connectivity index is 0.00000441. The number of nitrogens with one attached hydrogen (secondary N) is 1. The number of hydrogen-bond acceptors (Lipinski definition) is 7. The third kappa shape index (κ3) is 6.60. The smallest absolute Gasteiger partial charge is 0.870 e. The van der Waals surface area contributed by atoms with Gasteiger partial charge in [-0.1, -0.05) is 72.3 Å². The molecule has 202 valence electrons. The van der Waals surface area contributed by atoms with Crippen molar-refractivity contribution in [2.75, 3.05) is 11.9 Å². The van der Waals surface area contributed by atoms with Crippen LogP contribution in [0.4, 0.5) is 17.1 Å². The summed E-state index contributed by atoms with van der Waals surface area (Å²) in [6, 6.07) is 15.7. The van der Waals surface area contributed by atoms with Crippen molar-refractivity contribution in [2.45, 2.75) is 25.2 Å². The van der Waals surface area contributed by atoms with Crippen molar-refractivity contribution in [2.24, 2.45) is 10.2 Å². The van der Waals surface area contributed by atoms with Crippen LogP contribution in [-0.4, -0.2) is 25.5 Å². The molecule has 0 aromatic heterocycles. The van der Waals surface area contributed by atoms with Crippen molar-refractivity contribution in [3.8, 4) is 11.5 Å². The molecule has 13 heteroatoms. The first-order valence-corrected chi connectivity index (χ1v) is 13.9. The molecule has 0 fully saturated rings. The van der Waals surface area contributed by atoms with Gasteiger partial charge in [0, 0.05) is 10.9 Å². The van der Waals surface area contributed by atoms with Gasteiger partial charge in [0.1, 0.15) is 22.0 Å². The monoisotopic (exact) mass is 609 g/mol. The summed E-state index contributed by atoms with van der Waals surface area (Å²) >= 11 is 12.6. The second kappa shape index (κ2) is 13.3. The molecule has 0 aliphatic rings. The van der Waals surface area contributed by atoms with Crippen molar-refractivity contribution in [3.63, 3.8) is 0 Å². The van der Waals surface area contributed by atoms with Crippen LogP contribution < -0.4 is 44.7 Å². The predicted octanol–water partition coefficient (Wildman–Crippen LogP) is 4.10. The summed E-state index contributed by atoms with van der Waals surface area (Å²) in [7, 11) is -4.64.